The van der Waals surface area contributed by atoms with Crippen LogP contribution in [0.5, 0.6) is 5.75 Å². The number of pyridine rings is 1. The van der Waals surface area contributed by atoms with Crippen LogP contribution in [0.2, 0.25) is 0 Å². The molecular weight excluding hydrogens is 228 g/mol. The number of aromatic nitrogens is 1. The Morgan fingerprint density at radius 2 is 2.44 bits per heavy atom. The fourth-order valence-corrected chi connectivity index (χ4v) is 2.07. The molecule has 4 heteroatoms. The van der Waals surface area contributed by atoms with Gasteiger partial charge in [-0.2, -0.15) is 0 Å². The van der Waals surface area contributed by atoms with Gasteiger partial charge in [-0.15, -0.1) is 0 Å². The third-order valence-corrected chi connectivity index (χ3v) is 3.22. The van der Waals surface area contributed by atoms with Crippen LogP contribution in [0, 0.1) is 5.92 Å². The van der Waals surface area contributed by atoms with Crippen LogP contribution in [0.1, 0.15) is 32.0 Å². The fourth-order valence-electron chi connectivity index (χ4n) is 2.07. The Balaban J connectivity index is 1.83. The molecule has 2 atom stereocenters. The molecule has 1 aromatic heterocycles. The highest BCUT2D eigenvalue weighted by atomic mass is 16.5. The van der Waals surface area contributed by atoms with Crippen LogP contribution >= 0.6 is 0 Å². The Hall–Kier alpha value is -1.13. The summed E-state index contributed by atoms with van der Waals surface area (Å²) in [5, 5.41) is 3.34. The van der Waals surface area contributed by atoms with E-state index in [0.29, 0.717) is 5.92 Å². The largest absolute Gasteiger partial charge is 0.492 e. The predicted molar refractivity (Wildman–Crippen MR) is 70.7 cm³/mol. The van der Waals surface area contributed by atoms with Crippen molar-refractivity contribution < 1.29 is 9.47 Å². The summed E-state index contributed by atoms with van der Waals surface area (Å²) in [4.78, 5) is 4.42. The number of nitrogens with zero attached hydrogens (tertiary/aromatic N) is 1. The Labute approximate surface area is 109 Å². The van der Waals surface area contributed by atoms with Crippen molar-refractivity contribution in [3.8, 4) is 5.75 Å². The molecule has 4 nitrogen and oxygen atoms in total. The molecule has 1 aliphatic rings. The highest BCUT2D eigenvalue weighted by Crippen LogP contribution is 2.17. The van der Waals surface area contributed by atoms with Crippen molar-refractivity contribution in [2.75, 3.05) is 26.4 Å². The first-order chi connectivity index (χ1) is 8.79. The van der Waals surface area contributed by atoms with Crippen molar-refractivity contribution in [2.45, 2.75) is 26.3 Å². The first-order valence-corrected chi connectivity index (χ1v) is 6.69. The molecule has 0 saturated carbocycles. The van der Waals surface area contributed by atoms with Crippen LogP contribution in [0.15, 0.2) is 18.3 Å². The van der Waals surface area contributed by atoms with Gasteiger partial charge in [0.05, 0.1) is 25.1 Å². The summed E-state index contributed by atoms with van der Waals surface area (Å²) in [5.74, 6) is 1.37. The number of rotatable bonds is 6. The lowest BCUT2D eigenvalue weighted by molar-refractivity contribution is 0.167. The van der Waals surface area contributed by atoms with Gasteiger partial charge in [-0.05, 0) is 32.0 Å². The van der Waals surface area contributed by atoms with E-state index in [-0.39, 0.29) is 6.04 Å². The first kappa shape index (κ1) is 13.3. The minimum atomic E-state index is 0.285. The predicted octanol–water partition coefficient (Wildman–Crippen LogP) is 2.17. The first-order valence-electron chi connectivity index (χ1n) is 6.69. The maximum absolute atomic E-state index is 5.72. The molecule has 1 aliphatic heterocycles. The summed E-state index contributed by atoms with van der Waals surface area (Å²) in [7, 11) is 0. The Bertz CT molecular complexity index is 347. The monoisotopic (exact) mass is 250 g/mol. The minimum Gasteiger partial charge on any atom is -0.492 e. The summed E-state index contributed by atoms with van der Waals surface area (Å²) in [6, 6.07) is 4.30. The average Bonchev–Trinajstić information content (AvgIpc) is 2.90. The van der Waals surface area contributed by atoms with Crippen molar-refractivity contribution in [3.05, 3.63) is 24.0 Å². The van der Waals surface area contributed by atoms with Crippen LogP contribution in [0.25, 0.3) is 0 Å². The van der Waals surface area contributed by atoms with E-state index in [1.807, 2.05) is 12.1 Å². The number of hydrogen-bond donors (Lipinski definition) is 1. The normalized spacial score (nSPS) is 20.9. The van der Waals surface area contributed by atoms with Gasteiger partial charge in [0.25, 0.3) is 0 Å². The maximum Gasteiger partial charge on any atom is 0.137 e. The fraction of sp³-hybridized carbons (Fsp3) is 0.643. The van der Waals surface area contributed by atoms with Crippen LogP contribution in [-0.4, -0.2) is 31.3 Å². The van der Waals surface area contributed by atoms with Gasteiger partial charge >= 0.3 is 0 Å². The van der Waals surface area contributed by atoms with Crippen LogP contribution in [0.3, 0.4) is 0 Å². The summed E-state index contributed by atoms with van der Waals surface area (Å²) < 4.78 is 11.0. The lowest BCUT2D eigenvalue weighted by Crippen LogP contribution is -2.18. The molecule has 1 saturated heterocycles. The second kappa shape index (κ2) is 6.71. The Morgan fingerprint density at radius 3 is 3.06 bits per heavy atom. The second-order valence-electron chi connectivity index (χ2n) is 4.74. The van der Waals surface area contributed by atoms with Gasteiger partial charge in [0.1, 0.15) is 5.75 Å². The molecule has 2 rings (SSSR count). The molecular formula is C14H22N2O2. The van der Waals surface area contributed by atoms with Crippen LogP contribution < -0.4 is 10.1 Å². The molecule has 0 aliphatic carbocycles. The van der Waals surface area contributed by atoms with Gasteiger partial charge in [0.2, 0.25) is 0 Å². The molecule has 0 bridgehead atoms. The van der Waals surface area contributed by atoms with Gasteiger partial charge in [-0.25, -0.2) is 0 Å². The summed E-state index contributed by atoms with van der Waals surface area (Å²) in [5.41, 5.74) is 1.05. The van der Waals surface area contributed by atoms with E-state index in [2.05, 4.69) is 24.1 Å². The van der Waals surface area contributed by atoms with Crippen LogP contribution in [0.4, 0.5) is 0 Å². The third kappa shape index (κ3) is 3.68. The highest BCUT2D eigenvalue weighted by Gasteiger charge is 2.16. The van der Waals surface area contributed by atoms with Crippen molar-refractivity contribution in [2.24, 2.45) is 5.92 Å². The molecule has 0 radical (unpaired) electrons. The van der Waals surface area contributed by atoms with E-state index in [0.717, 1.165) is 44.2 Å². The molecule has 18 heavy (non-hydrogen) atoms. The van der Waals surface area contributed by atoms with Gasteiger partial charge in [0, 0.05) is 18.6 Å². The minimum absolute atomic E-state index is 0.285. The number of nitrogens with one attached hydrogen (secondary N) is 1. The van der Waals surface area contributed by atoms with Crippen molar-refractivity contribution in [1.29, 1.82) is 0 Å². The highest BCUT2D eigenvalue weighted by molar-refractivity contribution is 5.21. The van der Waals surface area contributed by atoms with Crippen molar-refractivity contribution in [3.63, 3.8) is 0 Å². The van der Waals surface area contributed by atoms with Gasteiger partial charge in [0.15, 0.2) is 0 Å². The topological polar surface area (TPSA) is 43.4 Å². The molecule has 0 amide bonds. The maximum atomic E-state index is 5.72. The third-order valence-electron chi connectivity index (χ3n) is 3.22. The molecule has 0 aromatic carbocycles. The zero-order valence-electron chi connectivity index (χ0n) is 11.2. The lowest BCUT2D eigenvalue weighted by atomic mass is 10.1. The molecule has 0 spiro atoms. The molecule has 1 aromatic rings. The van der Waals surface area contributed by atoms with E-state index in [4.69, 9.17) is 9.47 Å². The van der Waals surface area contributed by atoms with Gasteiger partial charge in [-0.3, -0.25) is 4.98 Å². The summed E-state index contributed by atoms with van der Waals surface area (Å²) in [6.07, 6.45) is 2.90. The lowest BCUT2D eigenvalue weighted by Gasteiger charge is -2.13. The zero-order chi connectivity index (χ0) is 12.8. The van der Waals surface area contributed by atoms with E-state index in [1.54, 1.807) is 6.20 Å². The Kier molecular flexibility index (Phi) is 4.96. The molecule has 1 N–H and O–H groups in total. The van der Waals surface area contributed by atoms with E-state index < -0.39 is 0 Å². The quantitative estimate of drug-likeness (QED) is 0.840. The standard InChI is InChI=1S/C14H22N2O2/c1-3-15-11(2)14-5-4-13(8-16-14)18-10-12-6-7-17-9-12/h4-5,8,11-12,15H,3,6-7,9-10H2,1-2H3. The molecule has 2 heterocycles. The van der Waals surface area contributed by atoms with Gasteiger partial charge in [-0.1, -0.05) is 6.92 Å². The van der Waals surface area contributed by atoms with Gasteiger partial charge < -0.3 is 14.8 Å². The number of ether oxygens (including phenoxy) is 2. The SMILES string of the molecule is CCNC(C)c1ccc(OCC2CCOC2)cn1. The van der Waals surface area contributed by atoms with E-state index in [1.165, 1.54) is 0 Å². The summed E-state index contributed by atoms with van der Waals surface area (Å²) >= 11 is 0. The van der Waals surface area contributed by atoms with Crippen LogP contribution in [-0.2, 0) is 4.74 Å². The second-order valence-corrected chi connectivity index (χ2v) is 4.74. The van der Waals surface area contributed by atoms with Crippen molar-refractivity contribution >= 4 is 0 Å². The van der Waals surface area contributed by atoms with Crippen molar-refractivity contribution in [1.82, 2.24) is 10.3 Å². The van der Waals surface area contributed by atoms with E-state index >= 15 is 0 Å². The molecule has 1 fully saturated rings. The zero-order valence-corrected chi connectivity index (χ0v) is 11.2. The average molecular weight is 250 g/mol. The smallest absolute Gasteiger partial charge is 0.137 e. The summed E-state index contributed by atoms with van der Waals surface area (Å²) in [6.45, 7) is 7.57. The Morgan fingerprint density at radius 1 is 1.56 bits per heavy atom. The molecule has 100 valence electrons. The van der Waals surface area contributed by atoms with E-state index in [9.17, 15) is 0 Å². The molecule has 2 unspecified atom stereocenters. The number of hydrogen-bond acceptors (Lipinski definition) is 4.